The third-order valence-corrected chi connectivity index (χ3v) is 6.42. The maximum Gasteiger partial charge on any atom is 0.298 e. The van der Waals surface area contributed by atoms with Crippen molar-refractivity contribution in [1.82, 2.24) is 19.9 Å². The van der Waals surface area contributed by atoms with Crippen LogP contribution in [0.5, 0.6) is 0 Å². The number of aromatic amines is 1. The largest absolute Gasteiger partial charge is 0.381 e. The summed E-state index contributed by atoms with van der Waals surface area (Å²) in [5, 5.41) is 0.808. The van der Waals surface area contributed by atoms with Gasteiger partial charge in [0.2, 0.25) is 0 Å². The first-order valence-electron chi connectivity index (χ1n) is 9.72. The number of H-pyrrole nitrogens is 1. The first kappa shape index (κ1) is 18.3. The minimum atomic E-state index is -2.19. The fourth-order valence-corrected chi connectivity index (χ4v) is 4.91. The normalized spacial score (nSPS) is 30.0. The Morgan fingerprint density at radius 1 is 1.21 bits per heavy atom. The number of alkyl halides is 2. The van der Waals surface area contributed by atoms with Crippen LogP contribution < -0.4 is 4.90 Å². The highest BCUT2D eigenvalue weighted by molar-refractivity contribution is 5.94. The first-order chi connectivity index (χ1) is 13.9. The molecule has 152 valence electrons. The zero-order chi connectivity index (χ0) is 20.2. The number of terminal acetylenes is 1. The van der Waals surface area contributed by atoms with E-state index in [2.05, 4.69) is 15.0 Å². The van der Waals surface area contributed by atoms with Gasteiger partial charge >= 0.3 is 0 Å². The smallest absolute Gasteiger partial charge is 0.298 e. The third kappa shape index (κ3) is 2.69. The second-order valence-electron chi connectivity index (χ2n) is 8.14. The van der Waals surface area contributed by atoms with Gasteiger partial charge in [0, 0.05) is 19.4 Å². The summed E-state index contributed by atoms with van der Waals surface area (Å²) < 4.78 is 36.7. The molecule has 0 saturated carbocycles. The van der Waals surface area contributed by atoms with Crippen LogP contribution in [0.4, 0.5) is 14.6 Å². The number of amides is 1. The van der Waals surface area contributed by atoms with Crippen molar-refractivity contribution in [3.63, 3.8) is 0 Å². The number of ether oxygens (including phenoxy) is 1. The molecule has 3 aliphatic rings. The molecule has 0 bridgehead atoms. The topological polar surface area (TPSA) is 74.4 Å². The van der Waals surface area contributed by atoms with Crippen molar-refractivity contribution in [2.24, 2.45) is 0 Å². The second kappa shape index (κ2) is 6.39. The Balaban J connectivity index is 1.49. The number of anilines is 1. The van der Waals surface area contributed by atoms with Gasteiger partial charge in [-0.3, -0.25) is 4.79 Å². The summed E-state index contributed by atoms with van der Waals surface area (Å²) in [7, 11) is 0. The number of carbonyl (C=O) groups is 1. The van der Waals surface area contributed by atoms with E-state index in [9.17, 15) is 4.79 Å². The number of fused-ring (bicyclic) bond motifs is 2. The molecule has 0 unspecified atom stereocenters. The van der Waals surface area contributed by atoms with E-state index in [1.165, 1.54) is 6.33 Å². The van der Waals surface area contributed by atoms with Gasteiger partial charge < -0.3 is 19.5 Å². The zero-order valence-corrected chi connectivity index (χ0v) is 15.8. The van der Waals surface area contributed by atoms with Gasteiger partial charge in [0.1, 0.15) is 17.8 Å². The second-order valence-corrected chi connectivity index (χ2v) is 8.14. The van der Waals surface area contributed by atoms with E-state index >= 15 is 8.78 Å². The van der Waals surface area contributed by atoms with Crippen molar-refractivity contribution in [3.05, 3.63) is 18.1 Å². The monoisotopic (exact) mass is 401 g/mol. The number of likely N-dealkylation sites (tertiary alicyclic amines) is 1. The van der Waals surface area contributed by atoms with Crippen molar-refractivity contribution in [1.29, 1.82) is 0 Å². The summed E-state index contributed by atoms with van der Waals surface area (Å²) >= 11 is 0. The van der Waals surface area contributed by atoms with E-state index in [0.717, 1.165) is 28.7 Å². The summed E-state index contributed by atoms with van der Waals surface area (Å²) in [6.45, 7) is 0.285. The van der Waals surface area contributed by atoms with Crippen LogP contribution in [-0.2, 0) is 9.53 Å². The minimum absolute atomic E-state index is 0.192. The summed E-state index contributed by atoms with van der Waals surface area (Å²) in [5.41, 5.74) is -2.67. The van der Waals surface area contributed by atoms with Gasteiger partial charge in [-0.05, 0) is 30.2 Å². The van der Waals surface area contributed by atoms with Crippen molar-refractivity contribution in [2.45, 2.75) is 30.1 Å². The van der Waals surface area contributed by atoms with E-state index in [-0.39, 0.29) is 32.1 Å². The highest BCUT2D eigenvalue weighted by Gasteiger charge is 2.66. The van der Waals surface area contributed by atoms with Crippen molar-refractivity contribution >= 4 is 22.8 Å². The Hall–Kier alpha value is -2.73. The van der Waals surface area contributed by atoms with Gasteiger partial charge in [0.25, 0.3) is 5.91 Å². The summed E-state index contributed by atoms with van der Waals surface area (Å²) in [6, 6.07) is 0. The number of nitrogens with zero attached hydrogens (tertiary/aromatic N) is 4. The highest BCUT2D eigenvalue weighted by Crippen LogP contribution is 2.47. The Labute approximate surface area is 166 Å². The average molecular weight is 401 g/mol. The lowest BCUT2D eigenvalue weighted by Gasteiger charge is -2.25. The summed E-state index contributed by atoms with van der Waals surface area (Å²) in [4.78, 5) is 26.3. The first-order valence-corrected chi connectivity index (χ1v) is 9.72. The molecule has 5 rings (SSSR count). The molecule has 9 heteroatoms. The molecule has 3 saturated heterocycles. The van der Waals surface area contributed by atoms with Crippen LogP contribution in [0.25, 0.3) is 11.0 Å². The molecule has 1 amide bonds. The van der Waals surface area contributed by atoms with Gasteiger partial charge in [-0.1, -0.05) is 0 Å². The predicted octanol–water partition coefficient (Wildman–Crippen LogP) is 1.56. The van der Waals surface area contributed by atoms with Gasteiger partial charge in [-0.2, -0.15) is 0 Å². The molecular weight excluding hydrogens is 380 g/mol. The van der Waals surface area contributed by atoms with E-state index < -0.39 is 17.2 Å². The molecule has 0 aromatic carbocycles. The average Bonchev–Trinajstić information content (AvgIpc) is 3.34. The summed E-state index contributed by atoms with van der Waals surface area (Å²) in [6.07, 6.45) is 10.2. The number of nitrogens with one attached hydrogen (secondary N) is 1. The number of aromatic nitrogens is 3. The fraction of sp³-hybridized carbons (Fsp3) is 0.550. The van der Waals surface area contributed by atoms with Crippen LogP contribution in [0.3, 0.4) is 0 Å². The Morgan fingerprint density at radius 3 is 2.55 bits per heavy atom. The zero-order valence-electron chi connectivity index (χ0n) is 15.8. The van der Waals surface area contributed by atoms with Crippen molar-refractivity contribution in [2.75, 3.05) is 44.3 Å². The maximum atomic E-state index is 15.6. The number of hydrogen-bond acceptors (Lipinski definition) is 5. The molecule has 3 aliphatic heterocycles. The molecule has 5 heterocycles. The molecule has 0 aliphatic carbocycles. The Morgan fingerprint density at radius 2 is 1.90 bits per heavy atom. The molecule has 3 fully saturated rings. The molecule has 0 radical (unpaired) electrons. The summed E-state index contributed by atoms with van der Waals surface area (Å²) in [5.74, 6) is 2.07. The number of halogens is 2. The number of rotatable bonds is 2. The highest BCUT2D eigenvalue weighted by atomic mass is 19.2. The van der Waals surface area contributed by atoms with Crippen LogP contribution in [0, 0.1) is 12.3 Å². The van der Waals surface area contributed by atoms with E-state index in [1.807, 2.05) is 12.1 Å². The van der Waals surface area contributed by atoms with Crippen LogP contribution in [0.2, 0.25) is 0 Å². The minimum Gasteiger partial charge on any atom is -0.381 e. The van der Waals surface area contributed by atoms with E-state index in [1.54, 1.807) is 4.90 Å². The molecule has 0 spiro atoms. The van der Waals surface area contributed by atoms with Crippen molar-refractivity contribution < 1.29 is 18.3 Å². The van der Waals surface area contributed by atoms with E-state index in [4.69, 9.17) is 11.2 Å². The number of carbonyl (C=O) groups excluding carboxylic acids is 1. The predicted molar refractivity (Wildman–Crippen MR) is 102 cm³/mol. The van der Waals surface area contributed by atoms with Gasteiger partial charge in [0.15, 0.2) is 11.3 Å². The molecule has 1 N–H and O–H groups in total. The molecule has 2 aromatic rings. The lowest BCUT2D eigenvalue weighted by atomic mass is 9.92. The molecule has 7 nitrogen and oxygen atoms in total. The molecule has 2 atom stereocenters. The molecule has 2 aromatic heterocycles. The van der Waals surface area contributed by atoms with Gasteiger partial charge in [-0.25, -0.2) is 18.7 Å². The van der Waals surface area contributed by atoms with Crippen LogP contribution in [0.15, 0.2) is 12.5 Å². The van der Waals surface area contributed by atoms with Gasteiger partial charge in [-0.15, -0.1) is 6.42 Å². The lowest BCUT2D eigenvalue weighted by Crippen LogP contribution is -2.44. The van der Waals surface area contributed by atoms with Gasteiger partial charge in [0.05, 0.1) is 31.6 Å². The lowest BCUT2D eigenvalue weighted by molar-refractivity contribution is -0.124. The standard InChI is InChI=1S/C20H21F2N5O2/c1-2-15(28)26-8-19(21)10-27(11-20(19,22)9-26)18-16-14(13-3-5-29-6-4-13)7-23-17(16)24-12-25-18/h1,7,12-13H,3-6,8-11H2,(H,23,24,25)/t19-,20+. The Bertz CT molecular complexity index is 994. The van der Waals surface area contributed by atoms with E-state index in [0.29, 0.717) is 24.7 Å². The SMILES string of the molecule is C#CC(=O)N1C[C@@]2(F)CN(c3ncnc4[nH]cc(C5CCOCC5)c34)C[C@@]2(F)C1. The fourth-order valence-electron chi connectivity index (χ4n) is 4.91. The quantitative estimate of drug-likeness (QED) is 0.774. The van der Waals surface area contributed by atoms with Crippen molar-refractivity contribution in [3.8, 4) is 12.3 Å². The van der Waals surface area contributed by atoms with Crippen LogP contribution >= 0.6 is 0 Å². The molecular formula is C20H21F2N5O2. The maximum absolute atomic E-state index is 15.6. The third-order valence-electron chi connectivity index (χ3n) is 6.42. The van der Waals surface area contributed by atoms with Crippen LogP contribution in [-0.4, -0.2) is 76.5 Å². The number of hydrogen-bond donors (Lipinski definition) is 1. The van der Waals surface area contributed by atoms with Crippen LogP contribution in [0.1, 0.15) is 24.3 Å². The molecule has 29 heavy (non-hydrogen) atoms. The Kier molecular flexibility index (Phi) is 4.03.